The first-order valence-corrected chi connectivity index (χ1v) is 5.80. The zero-order valence-electron chi connectivity index (χ0n) is 9.01. The molecule has 86 valence electrons. The minimum Gasteiger partial charge on any atom is -0.338 e. The normalized spacial score (nSPS) is 23.2. The van der Waals surface area contributed by atoms with Gasteiger partial charge >= 0.3 is 6.03 Å². The monoisotopic (exact) mass is 212 g/mol. The summed E-state index contributed by atoms with van der Waals surface area (Å²) in [6.07, 6.45) is 2.34. The summed E-state index contributed by atoms with van der Waals surface area (Å²) in [6, 6.07) is 0.318. The first-order chi connectivity index (χ1) is 7.34. The van der Waals surface area contributed by atoms with Crippen LogP contribution in [0.2, 0.25) is 0 Å². The largest absolute Gasteiger partial charge is 0.338 e. The number of carbonyl (C=O) groups excluding carboxylic acids is 1. The van der Waals surface area contributed by atoms with Crippen LogP contribution in [0.4, 0.5) is 4.79 Å². The summed E-state index contributed by atoms with van der Waals surface area (Å²) in [5.41, 5.74) is 0. The van der Waals surface area contributed by atoms with Gasteiger partial charge in [-0.1, -0.05) is 0 Å². The molecule has 0 unspecified atom stereocenters. The van der Waals surface area contributed by atoms with Crippen LogP contribution in [0.25, 0.3) is 0 Å². The zero-order valence-corrected chi connectivity index (χ0v) is 9.01. The highest BCUT2D eigenvalue weighted by Crippen LogP contribution is 2.09. The van der Waals surface area contributed by atoms with Gasteiger partial charge in [-0.3, -0.25) is 0 Å². The summed E-state index contributed by atoms with van der Waals surface area (Å²) in [5, 5.41) is 12.3. The number of nitrogens with one attached hydrogen (secondary N) is 4. The van der Waals surface area contributed by atoms with Gasteiger partial charge in [0.2, 0.25) is 0 Å². The van der Waals surface area contributed by atoms with Crippen molar-refractivity contribution in [3.05, 3.63) is 0 Å². The van der Waals surface area contributed by atoms with E-state index in [-0.39, 0.29) is 6.03 Å². The third-order valence-electron chi connectivity index (χ3n) is 3.13. The fourth-order valence-corrected chi connectivity index (χ4v) is 1.95. The Morgan fingerprint density at radius 3 is 2.53 bits per heavy atom. The van der Waals surface area contributed by atoms with Crippen molar-refractivity contribution in [3.8, 4) is 0 Å². The summed E-state index contributed by atoms with van der Waals surface area (Å²) in [4.78, 5) is 11.4. The van der Waals surface area contributed by atoms with Gasteiger partial charge in [-0.2, -0.15) is 0 Å². The van der Waals surface area contributed by atoms with E-state index < -0.39 is 0 Å². The van der Waals surface area contributed by atoms with E-state index >= 15 is 0 Å². The molecular weight excluding hydrogens is 192 g/mol. The molecule has 5 nitrogen and oxygen atoms in total. The average molecular weight is 212 g/mol. The van der Waals surface area contributed by atoms with Crippen molar-refractivity contribution >= 4 is 6.03 Å². The smallest absolute Gasteiger partial charge is 0.315 e. The van der Waals surface area contributed by atoms with Crippen LogP contribution in [0.15, 0.2) is 0 Å². The van der Waals surface area contributed by atoms with E-state index in [1.807, 2.05) is 0 Å². The summed E-state index contributed by atoms with van der Waals surface area (Å²) in [6.45, 7) is 4.79. The predicted octanol–water partition coefficient (Wildman–Crippen LogP) is -0.743. The van der Waals surface area contributed by atoms with Gasteiger partial charge in [-0.25, -0.2) is 4.79 Å². The quantitative estimate of drug-likeness (QED) is 0.498. The maximum atomic E-state index is 11.4. The molecule has 2 heterocycles. The topological polar surface area (TPSA) is 65.2 Å². The van der Waals surface area contributed by atoms with Gasteiger partial charge in [0.15, 0.2) is 0 Å². The molecule has 0 aromatic rings. The lowest BCUT2D eigenvalue weighted by Gasteiger charge is -2.28. The lowest BCUT2D eigenvalue weighted by atomic mass is 9.98. The molecule has 0 aliphatic carbocycles. The van der Waals surface area contributed by atoms with Crippen molar-refractivity contribution in [3.63, 3.8) is 0 Å². The van der Waals surface area contributed by atoms with Crippen molar-refractivity contribution in [2.45, 2.75) is 18.9 Å². The molecule has 2 saturated heterocycles. The van der Waals surface area contributed by atoms with E-state index in [0.29, 0.717) is 12.0 Å². The Balaban J connectivity index is 1.57. The molecule has 2 fully saturated rings. The van der Waals surface area contributed by atoms with Gasteiger partial charge in [0.05, 0.1) is 6.04 Å². The van der Waals surface area contributed by atoms with Crippen LogP contribution in [0, 0.1) is 5.92 Å². The van der Waals surface area contributed by atoms with E-state index in [2.05, 4.69) is 21.3 Å². The van der Waals surface area contributed by atoms with Gasteiger partial charge in [-0.05, 0) is 31.8 Å². The second-order valence-corrected chi connectivity index (χ2v) is 4.40. The van der Waals surface area contributed by atoms with E-state index in [0.717, 1.165) is 32.7 Å². The van der Waals surface area contributed by atoms with Crippen LogP contribution in [0.5, 0.6) is 0 Å². The number of urea groups is 1. The minimum atomic E-state index is -0.0139. The molecule has 0 aromatic carbocycles. The first-order valence-electron chi connectivity index (χ1n) is 5.80. The molecule has 4 N–H and O–H groups in total. The Labute approximate surface area is 90.4 Å². The van der Waals surface area contributed by atoms with E-state index in [1.54, 1.807) is 0 Å². The Morgan fingerprint density at radius 2 is 1.93 bits per heavy atom. The van der Waals surface area contributed by atoms with E-state index in [9.17, 15) is 4.79 Å². The molecule has 15 heavy (non-hydrogen) atoms. The molecule has 2 rings (SSSR count). The lowest BCUT2D eigenvalue weighted by molar-refractivity contribution is 0.227. The number of carbonyl (C=O) groups is 1. The summed E-state index contributed by atoms with van der Waals surface area (Å²) >= 11 is 0. The van der Waals surface area contributed by atoms with Crippen LogP contribution in [-0.4, -0.2) is 44.8 Å². The lowest BCUT2D eigenvalue weighted by Crippen LogP contribution is -2.59. The summed E-state index contributed by atoms with van der Waals surface area (Å²) < 4.78 is 0. The highest BCUT2D eigenvalue weighted by Gasteiger charge is 2.19. The Kier molecular flexibility index (Phi) is 3.80. The third kappa shape index (κ3) is 3.35. The Bertz CT molecular complexity index is 211. The number of hydrogen-bond acceptors (Lipinski definition) is 3. The molecule has 0 spiro atoms. The molecular formula is C10H20N4O. The zero-order chi connectivity index (χ0) is 10.5. The fraction of sp³-hybridized carbons (Fsp3) is 0.900. The summed E-state index contributed by atoms with van der Waals surface area (Å²) in [7, 11) is 0. The van der Waals surface area contributed by atoms with Crippen molar-refractivity contribution in [1.29, 1.82) is 0 Å². The van der Waals surface area contributed by atoms with Crippen molar-refractivity contribution in [1.82, 2.24) is 21.3 Å². The number of piperidine rings is 1. The SMILES string of the molecule is O=C(NCC1CCNCC1)NC1CNC1. The van der Waals surface area contributed by atoms with Gasteiger partial charge in [0.1, 0.15) is 0 Å². The predicted molar refractivity (Wildman–Crippen MR) is 58.8 cm³/mol. The second kappa shape index (κ2) is 5.32. The highest BCUT2D eigenvalue weighted by atomic mass is 16.2. The molecule has 2 aliphatic rings. The number of hydrogen-bond donors (Lipinski definition) is 4. The van der Waals surface area contributed by atoms with Gasteiger partial charge in [-0.15, -0.1) is 0 Å². The Morgan fingerprint density at radius 1 is 1.20 bits per heavy atom. The molecule has 2 aliphatic heterocycles. The third-order valence-corrected chi connectivity index (χ3v) is 3.13. The van der Waals surface area contributed by atoms with Crippen LogP contribution in [0.3, 0.4) is 0 Å². The summed E-state index contributed by atoms with van der Waals surface area (Å²) in [5.74, 6) is 0.650. The van der Waals surface area contributed by atoms with E-state index in [4.69, 9.17) is 0 Å². The molecule has 0 saturated carbocycles. The molecule has 0 aromatic heterocycles. The fourth-order valence-electron chi connectivity index (χ4n) is 1.95. The van der Waals surface area contributed by atoms with Crippen LogP contribution < -0.4 is 21.3 Å². The van der Waals surface area contributed by atoms with Gasteiger partial charge in [0, 0.05) is 19.6 Å². The van der Waals surface area contributed by atoms with Gasteiger partial charge < -0.3 is 21.3 Å². The highest BCUT2D eigenvalue weighted by molar-refractivity contribution is 5.74. The maximum absolute atomic E-state index is 11.4. The standard InChI is InChI=1S/C10H20N4O/c15-10(14-9-6-12-7-9)13-5-8-1-3-11-4-2-8/h8-9,11-12H,1-7H2,(H2,13,14,15). The van der Waals surface area contributed by atoms with Crippen molar-refractivity contribution < 1.29 is 4.79 Å². The van der Waals surface area contributed by atoms with Crippen molar-refractivity contribution in [2.24, 2.45) is 5.92 Å². The molecule has 0 radical (unpaired) electrons. The molecule has 2 amide bonds. The van der Waals surface area contributed by atoms with Crippen LogP contribution in [-0.2, 0) is 0 Å². The van der Waals surface area contributed by atoms with Crippen LogP contribution >= 0.6 is 0 Å². The van der Waals surface area contributed by atoms with E-state index in [1.165, 1.54) is 12.8 Å². The average Bonchev–Trinajstić information content (AvgIpc) is 2.22. The maximum Gasteiger partial charge on any atom is 0.315 e. The molecule has 0 bridgehead atoms. The van der Waals surface area contributed by atoms with Crippen molar-refractivity contribution in [2.75, 3.05) is 32.7 Å². The number of amides is 2. The first kappa shape index (κ1) is 10.7. The van der Waals surface area contributed by atoms with Gasteiger partial charge in [0.25, 0.3) is 0 Å². The minimum absolute atomic E-state index is 0.0139. The molecule has 5 heteroatoms. The number of rotatable bonds is 3. The van der Waals surface area contributed by atoms with Crippen LogP contribution in [0.1, 0.15) is 12.8 Å². The molecule has 0 atom stereocenters. The second-order valence-electron chi connectivity index (χ2n) is 4.40. The Hall–Kier alpha value is -0.810.